The summed E-state index contributed by atoms with van der Waals surface area (Å²) in [5, 5.41) is 3.97. The van der Waals surface area contributed by atoms with E-state index < -0.39 is 0 Å². The molecular formula is C8H10AlN4S+3. The van der Waals surface area contributed by atoms with E-state index in [1.165, 1.54) is 0 Å². The summed E-state index contributed by atoms with van der Waals surface area (Å²) in [7, 11) is 0. The van der Waals surface area contributed by atoms with Gasteiger partial charge in [-0.15, -0.1) is 0 Å². The van der Waals surface area contributed by atoms with Crippen LogP contribution in [0, 0.1) is 0 Å². The van der Waals surface area contributed by atoms with Gasteiger partial charge in [0.1, 0.15) is 0 Å². The fourth-order valence-electron chi connectivity index (χ4n) is 0.754. The van der Waals surface area contributed by atoms with Crippen LogP contribution in [0.5, 0.6) is 0 Å². The van der Waals surface area contributed by atoms with Crippen LogP contribution < -0.4 is 5.73 Å². The van der Waals surface area contributed by atoms with E-state index in [4.69, 9.17) is 5.73 Å². The SMILES string of the molecule is CC(=N[N-]C(N)=[SH+])c1ccccn1.[Al+3]. The fraction of sp³-hybridized carbons (Fsp3) is 0.125. The van der Waals surface area contributed by atoms with Crippen LogP contribution in [0.15, 0.2) is 29.5 Å². The molecule has 68 valence electrons. The molecule has 14 heavy (non-hydrogen) atoms. The predicted octanol–water partition coefficient (Wildman–Crippen LogP) is 0.124. The summed E-state index contributed by atoms with van der Waals surface area (Å²) < 4.78 is 0. The van der Waals surface area contributed by atoms with Gasteiger partial charge in [-0.2, -0.15) is 0 Å². The number of hydrogen-bond acceptors (Lipinski definition) is 2. The fourth-order valence-corrected chi connectivity index (χ4v) is 0.799. The molecule has 0 saturated carbocycles. The average molecular weight is 221 g/mol. The van der Waals surface area contributed by atoms with E-state index in [0.717, 1.165) is 5.69 Å². The summed E-state index contributed by atoms with van der Waals surface area (Å²) in [6, 6.07) is 5.57. The van der Waals surface area contributed by atoms with Gasteiger partial charge >= 0.3 is 17.4 Å². The summed E-state index contributed by atoms with van der Waals surface area (Å²) in [5.41, 5.74) is 10.3. The van der Waals surface area contributed by atoms with Crippen molar-refractivity contribution in [1.82, 2.24) is 4.98 Å². The minimum atomic E-state index is 0. The molecule has 0 fully saturated rings. The van der Waals surface area contributed by atoms with Gasteiger partial charge < -0.3 is 10.5 Å². The van der Waals surface area contributed by atoms with Gasteiger partial charge in [0.05, 0.1) is 5.69 Å². The molecule has 0 aliphatic heterocycles. The number of rotatable bonds is 2. The maximum atomic E-state index is 5.21. The molecule has 1 aromatic heterocycles. The van der Waals surface area contributed by atoms with Crippen LogP contribution in [-0.4, -0.2) is 33.2 Å². The van der Waals surface area contributed by atoms with Gasteiger partial charge in [0.2, 0.25) is 0 Å². The summed E-state index contributed by atoms with van der Waals surface area (Å²) in [6.07, 6.45) is 1.70. The molecule has 2 N–H and O–H groups in total. The molecule has 1 heterocycles. The Bertz CT molecular complexity index is 325. The molecule has 4 nitrogen and oxygen atoms in total. The minimum Gasteiger partial charge on any atom is -0.515 e. The third kappa shape index (κ3) is 4.44. The van der Waals surface area contributed by atoms with Crippen LogP contribution in [0.2, 0.25) is 0 Å². The topological polar surface area (TPSA) is 65.4 Å². The van der Waals surface area contributed by atoms with Crippen molar-refractivity contribution in [1.29, 1.82) is 0 Å². The largest absolute Gasteiger partial charge is 3.00 e. The van der Waals surface area contributed by atoms with E-state index in [9.17, 15) is 0 Å². The van der Waals surface area contributed by atoms with Crippen molar-refractivity contribution in [2.75, 3.05) is 0 Å². The first-order chi connectivity index (χ1) is 6.20. The Hall–Kier alpha value is -0.798. The van der Waals surface area contributed by atoms with Crippen molar-refractivity contribution in [2.24, 2.45) is 10.8 Å². The molecule has 6 heteroatoms. The molecule has 0 aliphatic rings. The second-order valence-electron chi connectivity index (χ2n) is 2.36. The maximum absolute atomic E-state index is 5.21. The molecule has 0 spiro atoms. The van der Waals surface area contributed by atoms with E-state index in [2.05, 4.69) is 27.7 Å². The van der Waals surface area contributed by atoms with Crippen molar-refractivity contribution < 1.29 is 0 Å². The number of nitrogens with two attached hydrogens (primary N) is 1. The number of aromatic nitrogens is 1. The van der Waals surface area contributed by atoms with Crippen molar-refractivity contribution in [2.45, 2.75) is 6.92 Å². The van der Waals surface area contributed by atoms with E-state index >= 15 is 0 Å². The van der Waals surface area contributed by atoms with Gasteiger partial charge in [0.15, 0.2) is 17.3 Å². The van der Waals surface area contributed by atoms with E-state index in [-0.39, 0.29) is 22.5 Å². The van der Waals surface area contributed by atoms with Crippen LogP contribution >= 0.6 is 0 Å². The molecule has 0 amide bonds. The van der Waals surface area contributed by atoms with Gasteiger partial charge in [-0.1, -0.05) is 6.07 Å². The molecule has 0 atom stereocenters. The van der Waals surface area contributed by atoms with Crippen molar-refractivity contribution in [3.05, 3.63) is 35.5 Å². The zero-order valence-electron chi connectivity index (χ0n) is 7.75. The molecule has 0 saturated heterocycles. The average Bonchev–Trinajstić information content (AvgIpc) is 2.15. The van der Waals surface area contributed by atoms with Gasteiger partial charge in [-0.05, 0) is 19.1 Å². The van der Waals surface area contributed by atoms with Crippen LogP contribution in [0.3, 0.4) is 0 Å². The summed E-state index contributed by atoms with van der Waals surface area (Å²) in [5.74, 6) is 0. The second-order valence-corrected chi connectivity index (χ2v) is 2.82. The molecule has 0 aliphatic carbocycles. The monoisotopic (exact) mass is 221 g/mol. The Morgan fingerprint density at radius 1 is 1.57 bits per heavy atom. The van der Waals surface area contributed by atoms with Gasteiger partial charge in [0, 0.05) is 11.9 Å². The van der Waals surface area contributed by atoms with Crippen molar-refractivity contribution >= 4 is 40.4 Å². The molecule has 1 rings (SSSR count). The maximum Gasteiger partial charge on any atom is 3.00 e. The Kier molecular flexibility index (Phi) is 6.25. The van der Waals surface area contributed by atoms with Crippen LogP contribution in [0.25, 0.3) is 5.43 Å². The van der Waals surface area contributed by atoms with Gasteiger partial charge in [-0.25, -0.2) is 0 Å². The number of thiol groups is 1. The number of pyridine rings is 1. The van der Waals surface area contributed by atoms with Crippen LogP contribution in [-0.2, 0) is 12.2 Å². The second kappa shape index (κ2) is 6.63. The summed E-state index contributed by atoms with van der Waals surface area (Å²) >= 11 is 3.79. The normalized spacial score (nSPS) is 10.3. The number of hydrogen-bond donors (Lipinski definition) is 1. The van der Waals surface area contributed by atoms with E-state index in [0.29, 0.717) is 5.71 Å². The Morgan fingerprint density at radius 3 is 2.79 bits per heavy atom. The first kappa shape index (κ1) is 13.2. The third-order valence-corrected chi connectivity index (χ3v) is 1.43. The molecule has 0 bridgehead atoms. The Balaban J connectivity index is 0.00000169. The standard InChI is InChI=1S/C8H10N4S.Al/c1-6(11-12-8(9)13)7-4-2-3-5-10-7;/h2-5H,1H3,(H3,9,10,12,13);/q;+3. The van der Waals surface area contributed by atoms with Crippen molar-refractivity contribution in [3.63, 3.8) is 0 Å². The van der Waals surface area contributed by atoms with Crippen molar-refractivity contribution in [3.8, 4) is 0 Å². The zero-order chi connectivity index (χ0) is 9.68. The van der Waals surface area contributed by atoms with E-state index in [1.54, 1.807) is 6.20 Å². The molecule has 0 unspecified atom stereocenters. The van der Waals surface area contributed by atoms with Gasteiger partial charge in [0.25, 0.3) is 0 Å². The third-order valence-electron chi connectivity index (χ3n) is 1.34. The zero-order valence-corrected chi connectivity index (χ0v) is 9.80. The van der Waals surface area contributed by atoms with Crippen LogP contribution in [0.1, 0.15) is 12.6 Å². The molecule has 0 radical (unpaired) electrons. The minimum absolute atomic E-state index is 0. The first-order valence-corrected chi connectivity index (χ1v) is 4.13. The molecular weight excluding hydrogens is 211 g/mol. The first-order valence-electron chi connectivity index (χ1n) is 3.68. The Labute approximate surface area is 98.7 Å². The quantitative estimate of drug-likeness (QED) is 0.192. The van der Waals surface area contributed by atoms with E-state index in [1.807, 2.05) is 25.1 Å². The predicted molar refractivity (Wildman–Crippen MR) is 63.5 cm³/mol. The molecule has 0 aromatic carbocycles. The smallest absolute Gasteiger partial charge is 0.515 e. The summed E-state index contributed by atoms with van der Waals surface area (Å²) in [6.45, 7) is 1.81. The van der Waals surface area contributed by atoms with Crippen LogP contribution in [0.4, 0.5) is 0 Å². The van der Waals surface area contributed by atoms with Gasteiger partial charge in [-0.3, -0.25) is 10.7 Å². The Morgan fingerprint density at radius 2 is 2.29 bits per heavy atom. The summed E-state index contributed by atoms with van der Waals surface area (Å²) in [4.78, 5) is 4.09. The molecule has 1 aromatic rings. The number of nitrogens with zero attached hydrogens (tertiary/aromatic N) is 3.